The number of hydrogen-bond donors (Lipinski definition) is 2. The average molecular weight is 291 g/mol. The molecule has 1 aromatic carbocycles. The number of hydrogen-bond acceptors (Lipinski definition) is 3. The first-order valence-electron chi connectivity index (χ1n) is 7.80. The second kappa shape index (κ2) is 6.94. The SMILES string of the molecule is CCC(O)(CC)CNC(=O)c1ccc(OCC2CC2)cc1. The van der Waals surface area contributed by atoms with Gasteiger partial charge in [0, 0.05) is 12.1 Å². The molecule has 21 heavy (non-hydrogen) atoms. The second-order valence-electron chi connectivity index (χ2n) is 5.89. The third-order valence-electron chi connectivity index (χ3n) is 4.19. The summed E-state index contributed by atoms with van der Waals surface area (Å²) in [4.78, 5) is 12.0. The van der Waals surface area contributed by atoms with Gasteiger partial charge in [0.05, 0.1) is 12.2 Å². The van der Waals surface area contributed by atoms with Gasteiger partial charge in [0.25, 0.3) is 5.91 Å². The Morgan fingerprint density at radius 3 is 2.43 bits per heavy atom. The first kappa shape index (κ1) is 15.8. The number of carbonyl (C=O) groups is 1. The Balaban J connectivity index is 1.84. The molecule has 2 N–H and O–H groups in total. The topological polar surface area (TPSA) is 58.6 Å². The minimum absolute atomic E-state index is 0.163. The molecule has 0 heterocycles. The summed E-state index contributed by atoms with van der Waals surface area (Å²) in [5.41, 5.74) is -0.230. The Morgan fingerprint density at radius 1 is 1.29 bits per heavy atom. The van der Waals surface area contributed by atoms with Gasteiger partial charge in [0.2, 0.25) is 0 Å². The minimum atomic E-state index is -0.816. The molecule has 0 atom stereocenters. The Bertz CT molecular complexity index is 461. The van der Waals surface area contributed by atoms with Crippen molar-refractivity contribution in [3.05, 3.63) is 29.8 Å². The van der Waals surface area contributed by atoms with Crippen molar-refractivity contribution in [3.63, 3.8) is 0 Å². The average Bonchev–Trinajstić information content (AvgIpc) is 3.35. The van der Waals surface area contributed by atoms with Crippen LogP contribution in [0.15, 0.2) is 24.3 Å². The van der Waals surface area contributed by atoms with Crippen LogP contribution < -0.4 is 10.1 Å². The standard InChI is InChI=1S/C17H25NO3/c1-3-17(20,4-2)12-18-16(19)14-7-9-15(10-8-14)21-11-13-5-6-13/h7-10,13,20H,3-6,11-12H2,1-2H3,(H,18,19). The molecule has 1 aliphatic rings. The molecule has 1 amide bonds. The van der Waals surface area contributed by atoms with Crippen LogP contribution in [0.3, 0.4) is 0 Å². The first-order chi connectivity index (χ1) is 10.1. The summed E-state index contributed by atoms with van der Waals surface area (Å²) in [5, 5.41) is 13.0. The highest BCUT2D eigenvalue weighted by molar-refractivity contribution is 5.94. The van der Waals surface area contributed by atoms with Gasteiger partial charge in [-0.1, -0.05) is 13.8 Å². The van der Waals surface area contributed by atoms with E-state index in [1.807, 2.05) is 26.0 Å². The van der Waals surface area contributed by atoms with Crippen molar-refractivity contribution in [2.45, 2.75) is 45.1 Å². The number of amides is 1. The van der Waals surface area contributed by atoms with E-state index in [0.717, 1.165) is 12.4 Å². The van der Waals surface area contributed by atoms with E-state index in [0.29, 0.717) is 24.3 Å². The van der Waals surface area contributed by atoms with Gasteiger partial charge in [-0.2, -0.15) is 0 Å². The third-order valence-corrected chi connectivity index (χ3v) is 4.19. The smallest absolute Gasteiger partial charge is 0.251 e. The Hall–Kier alpha value is -1.55. The molecule has 4 heteroatoms. The van der Waals surface area contributed by atoms with Gasteiger partial charge in [0.1, 0.15) is 5.75 Å². The highest BCUT2D eigenvalue weighted by Crippen LogP contribution is 2.29. The van der Waals surface area contributed by atoms with Crippen LogP contribution in [-0.2, 0) is 0 Å². The fraction of sp³-hybridized carbons (Fsp3) is 0.588. The molecule has 4 nitrogen and oxygen atoms in total. The molecule has 1 fully saturated rings. The van der Waals surface area contributed by atoms with Crippen LogP contribution in [0.1, 0.15) is 49.9 Å². The summed E-state index contributed by atoms with van der Waals surface area (Å²) < 4.78 is 5.64. The van der Waals surface area contributed by atoms with E-state index in [4.69, 9.17) is 4.74 Å². The van der Waals surface area contributed by atoms with Crippen LogP contribution in [0.2, 0.25) is 0 Å². The van der Waals surface area contributed by atoms with Crippen molar-refractivity contribution in [3.8, 4) is 5.75 Å². The van der Waals surface area contributed by atoms with Gasteiger partial charge in [0.15, 0.2) is 0 Å². The predicted octanol–water partition coefficient (Wildman–Crippen LogP) is 2.76. The van der Waals surface area contributed by atoms with Crippen LogP contribution >= 0.6 is 0 Å². The lowest BCUT2D eigenvalue weighted by atomic mass is 9.97. The van der Waals surface area contributed by atoms with E-state index in [-0.39, 0.29) is 12.5 Å². The molecule has 0 saturated heterocycles. The van der Waals surface area contributed by atoms with E-state index in [1.54, 1.807) is 12.1 Å². The van der Waals surface area contributed by atoms with Crippen molar-refractivity contribution in [2.24, 2.45) is 5.92 Å². The zero-order chi connectivity index (χ0) is 15.3. The van der Waals surface area contributed by atoms with Crippen molar-refractivity contribution < 1.29 is 14.6 Å². The quantitative estimate of drug-likeness (QED) is 0.774. The normalized spacial score (nSPS) is 14.8. The van der Waals surface area contributed by atoms with Crippen LogP contribution in [0.4, 0.5) is 0 Å². The van der Waals surface area contributed by atoms with E-state index < -0.39 is 5.60 Å². The molecule has 0 bridgehead atoms. The van der Waals surface area contributed by atoms with Crippen molar-refractivity contribution in [2.75, 3.05) is 13.2 Å². The maximum absolute atomic E-state index is 12.0. The van der Waals surface area contributed by atoms with Crippen LogP contribution in [0.5, 0.6) is 5.75 Å². The molecule has 1 aliphatic carbocycles. The Morgan fingerprint density at radius 2 is 1.90 bits per heavy atom. The van der Waals surface area contributed by atoms with Crippen LogP contribution in [0, 0.1) is 5.92 Å². The molecule has 2 rings (SSSR count). The zero-order valence-electron chi connectivity index (χ0n) is 12.9. The second-order valence-corrected chi connectivity index (χ2v) is 5.89. The third kappa shape index (κ3) is 4.74. The van der Waals surface area contributed by atoms with Crippen molar-refractivity contribution >= 4 is 5.91 Å². The van der Waals surface area contributed by atoms with Gasteiger partial charge in [-0.25, -0.2) is 0 Å². The molecule has 0 aromatic heterocycles. The first-order valence-corrected chi connectivity index (χ1v) is 7.80. The Labute approximate surface area is 126 Å². The van der Waals surface area contributed by atoms with E-state index in [9.17, 15) is 9.90 Å². The van der Waals surface area contributed by atoms with E-state index in [2.05, 4.69) is 5.32 Å². The maximum atomic E-state index is 12.0. The highest BCUT2D eigenvalue weighted by Gasteiger charge is 2.23. The largest absolute Gasteiger partial charge is 0.493 e. The molecule has 0 unspecified atom stereocenters. The van der Waals surface area contributed by atoms with Gasteiger partial charge < -0.3 is 15.2 Å². The Kier molecular flexibility index (Phi) is 5.23. The number of carbonyl (C=O) groups excluding carboxylic acids is 1. The summed E-state index contributed by atoms with van der Waals surface area (Å²) in [7, 11) is 0. The molecule has 0 aliphatic heterocycles. The molecule has 0 radical (unpaired) electrons. The van der Waals surface area contributed by atoms with E-state index in [1.165, 1.54) is 12.8 Å². The summed E-state index contributed by atoms with van der Waals surface area (Å²) in [6, 6.07) is 7.16. The molecule has 0 spiro atoms. The fourth-order valence-corrected chi connectivity index (χ4v) is 2.05. The van der Waals surface area contributed by atoms with Crippen LogP contribution in [-0.4, -0.2) is 29.8 Å². The fourth-order valence-electron chi connectivity index (χ4n) is 2.05. The molecule has 1 aromatic rings. The highest BCUT2D eigenvalue weighted by atomic mass is 16.5. The van der Waals surface area contributed by atoms with E-state index >= 15 is 0 Å². The lowest BCUT2D eigenvalue weighted by Gasteiger charge is -2.25. The van der Waals surface area contributed by atoms with Gasteiger partial charge in [-0.05, 0) is 55.9 Å². The molecular weight excluding hydrogens is 266 g/mol. The predicted molar refractivity (Wildman–Crippen MR) is 82.5 cm³/mol. The number of aliphatic hydroxyl groups is 1. The number of nitrogens with one attached hydrogen (secondary N) is 1. The lowest BCUT2D eigenvalue weighted by Crippen LogP contribution is -2.42. The monoisotopic (exact) mass is 291 g/mol. The molecular formula is C17H25NO3. The molecule has 1 saturated carbocycles. The van der Waals surface area contributed by atoms with Crippen molar-refractivity contribution in [1.29, 1.82) is 0 Å². The zero-order valence-corrected chi connectivity index (χ0v) is 12.9. The maximum Gasteiger partial charge on any atom is 0.251 e. The summed E-state index contributed by atoms with van der Waals surface area (Å²) in [5.74, 6) is 1.36. The number of benzene rings is 1. The van der Waals surface area contributed by atoms with Crippen molar-refractivity contribution in [1.82, 2.24) is 5.32 Å². The van der Waals surface area contributed by atoms with Gasteiger partial charge >= 0.3 is 0 Å². The summed E-state index contributed by atoms with van der Waals surface area (Å²) in [6.45, 7) is 4.88. The number of ether oxygens (including phenoxy) is 1. The summed E-state index contributed by atoms with van der Waals surface area (Å²) >= 11 is 0. The minimum Gasteiger partial charge on any atom is -0.493 e. The summed E-state index contributed by atoms with van der Waals surface area (Å²) in [6.07, 6.45) is 3.77. The lowest BCUT2D eigenvalue weighted by molar-refractivity contribution is 0.0314. The number of rotatable bonds is 8. The van der Waals surface area contributed by atoms with Gasteiger partial charge in [-0.3, -0.25) is 4.79 Å². The molecule has 116 valence electrons. The van der Waals surface area contributed by atoms with Crippen LogP contribution in [0.25, 0.3) is 0 Å². The van der Waals surface area contributed by atoms with Gasteiger partial charge in [-0.15, -0.1) is 0 Å².